The number of nitro benzene ring substituents is 1. The average Bonchev–Trinajstić information content (AvgIpc) is 3.19. The number of carbonyl (C=O) groups is 1. The molecule has 0 spiro atoms. The first-order chi connectivity index (χ1) is 15.9. The fourth-order valence-corrected chi connectivity index (χ4v) is 4.47. The van der Waals surface area contributed by atoms with Gasteiger partial charge >= 0.3 is 0 Å². The number of carbonyl (C=O) groups excluding carboxylic acids is 1. The molecular weight excluding hydrogens is 429 g/mol. The predicted molar refractivity (Wildman–Crippen MR) is 121 cm³/mol. The topological polar surface area (TPSA) is 85.1 Å². The van der Waals surface area contributed by atoms with E-state index in [0.717, 1.165) is 5.56 Å². The van der Waals surface area contributed by atoms with Crippen LogP contribution < -0.4 is 0 Å². The van der Waals surface area contributed by atoms with Crippen molar-refractivity contribution in [1.82, 2.24) is 9.80 Å². The smallest absolute Gasteiger partial charge is 0.273 e. The zero-order chi connectivity index (χ0) is 23.8. The van der Waals surface area contributed by atoms with E-state index in [9.17, 15) is 19.3 Å². The normalized spacial score (nSPS) is 18.4. The van der Waals surface area contributed by atoms with Crippen molar-refractivity contribution in [1.29, 1.82) is 0 Å². The zero-order valence-corrected chi connectivity index (χ0v) is 19.0. The van der Waals surface area contributed by atoms with Gasteiger partial charge in [0.2, 0.25) is 5.91 Å². The minimum absolute atomic E-state index is 0.0206. The van der Waals surface area contributed by atoms with Gasteiger partial charge in [0.15, 0.2) is 0 Å². The molecule has 0 bridgehead atoms. The van der Waals surface area contributed by atoms with E-state index in [4.69, 9.17) is 9.47 Å². The second-order valence-electron chi connectivity index (χ2n) is 8.27. The molecule has 0 radical (unpaired) electrons. The van der Waals surface area contributed by atoms with Gasteiger partial charge in [-0.25, -0.2) is 4.39 Å². The van der Waals surface area contributed by atoms with E-state index in [2.05, 4.69) is 4.90 Å². The zero-order valence-electron chi connectivity index (χ0n) is 19.0. The van der Waals surface area contributed by atoms with Crippen molar-refractivity contribution in [3.8, 4) is 0 Å². The Bertz CT molecular complexity index is 957. The van der Waals surface area contributed by atoms with Crippen LogP contribution >= 0.6 is 0 Å². The summed E-state index contributed by atoms with van der Waals surface area (Å²) in [6, 6.07) is 13.2. The lowest BCUT2D eigenvalue weighted by Crippen LogP contribution is -2.41. The Morgan fingerprint density at radius 2 is 1.97 bits per heavy atom. The van der Waals surface area contributed by atoms with Crippen molar-refractivity contribution in [2.75, 3.05) is 53.6 Å². The van der Waals surface area contributed by atoms with E-state index < -0.39 is 0 Å². The summed E-state index contributed by atoms with van der Waals surface area (Å²) in [7, 11) is 3.06. The molecule has 178 valence electrons. The van der Waals surface area contributed by atoms with Crippen LogP contribution in [0.15, 0.2) is 48.5 Å². The van der Waals surface area contributed by atoms with Crippen LogP contribution in [0.5, 0.6) is 0 Å². The van der Waals surface area contributed by atoms with E-state index >= 15 is 0 Å². The quantitative estimate of drug-likeness (QED) is 0.379. The second-order valence-corrected chi connectivity index (χ2v) is 8.27. The maximum absolute atomic E-state index is 14.0. The highest BCUT2D eigenvalue weighted by Gasteiger charge is 2.36. The third kappa shape index (κ3) is 6.56. The molecule has 2 aromatic rings. The first-order valence-electron chi connectivity index (χ1n) is 10.9. The fraction of sp³-hybridized carbons (Fsp3) is 0.458. The number of para-hydroxylation sites is 1. The summed E-state index contributed by atoms with van der Waals surface area (Å²) in [5.74, 6) is -0.448. The van der Waals surface area contributed by atoms with Crippen LogP contribution in [0, 0.1) is 21.8 Å². The SMILES string of the molecule is COCCN(C[C@H]1CN(Cc2ccccc2[N+](=O)[O-])C[C@H]1c1cccc(F)c1)C(=O)COC. The Balaban J connectivity index is 1.84. The molecule has 9 heteroatoms. The highest BCUT2D eigenvalue weighted by atomic mass is 19.1. The van der Waals surface area contributed by atoms with Crippen LogP contribution in [0.4, 0.5) is 10.1 Å². The molecule has 1 amide bonds. The van der Waals surface area contributed by atoms with Crippen molar-refractivity contribution >= 4 is 11.6 Å². The number of amides is 1. The van der Waals surface area contributed by atoms with Gasteiger partial charge in [0.05, 0.1) is 11.5 Å². The first kappa shape index (κ1) is 24.8. The summed E-state index contributed by atoms with van der Waals surface area (Å²) in [5, 5.41) is 11.4. The van der Waals surface area contributed by atoms with Gasteiger partial charge < -0.3 is 14.4 Å². The Morgan fingerprint density at radius 1 is 1.18 bits per heavy atom. The fourth-order valence-electron chi connectivity index (χ4n) is 4.47. The lowest BCUT2D eigenvalue weighted by atomic mass is 9.88. The Kier molecular flexibility index (Phi) is 8.87. The number of likely N-dealkylation sites (tertiary alicyclic amines) is 1. The Morgan fingerprint density at radius 3 is 2.67 bits per heavy atom. The number of hydrogen-bond acceptors (Lipinski definition) is 6. The number of nitro groups is 1. The molecule has 2 aromatic carbocycles. The van der Waals surface area contributed by atoms with Gasteiger partial charge in [0.1, 0.15) is 12.4 Å². The van der Waals surface area contributed by atoms with Crippen LogP contribution in [-0.4, -0.2) is 74.2 Å². The van der Waals surface area contributed by atoms with E-state index in [0.29, 0.717) is 44.9 Å². The molecule has 0 N–H and O–H groups in total. The average molecular weight is 460 g/mol. The molecule has 0 saturated carbocycles. The van der Waals surface area contributed by atoms with Crippen molar-refractivity contribution in [2.24, 2.45) is 5.92 Å². The van der Waals surface area contributed by atoms with Gasteiger partial charge in [-0.3, -0.25) is 19.8 Å². The van der Waals surface area contributed by atoms with E-state index in [1.54, 1.807) is 36.3 Å². The number of benzene rings is 2. The summed E-state index contributed by atoms with van der Waals surface area (Å²) in [5.41, 5.74) is 1.57. The molecule has 1 saturated heterocycles. The van der Waals surface area contributed by atoms with E-state index in [1.807, 2.05) is 6.07 Å². The summed E-state index contributed by atoms with van der Waals surface area (Å²) in [6.07, 6.45) is 0. The maximum atomic E-state index is 14.0. The largest absolute Gasteiger partial charge is 0.383 e. The van der Waals surface area contributed by atoms with E-state index in [-0.39, 0.29) is 40.8 Å². The van der Waals surface area contributed by atoms with E-state index in [1.165, 1.54) is 25.3 Å². The number of nitrogens with zero attached hydrogens (tertiary/aromatic N) is 3. The molecule has 1 aliphatic rings. The molecular formula is C24H30FN3O5. The highest BCUT2D eigenvalue weighted by Crippen LogP contribution is 2.35. The number of hydrogen-bond donors (Lipinski definition) is 0. The molecule has 1 fully saturated rings. The molecule has 3 rings (SSSR count). The lowest BCUT2D eigenvalue weighted by molar-refractivity contribution is -0.385. The lowest BCUT2D eigenvalue weighted by Gasteiger charge is -2.28. The molecule has 0 aliphatic carbocycles. The predicted octanol–water partition coefficient (Wildman–Crippen LogP) is 3.07. The van der Waals surface area contributed by atoms with Gasteiger partial charge in [-0.1, -0.05) is 30.3 Å². The maximum Gasteiger partial charge on any atom is 0.273 e. The number of ether oxygens (including phenoxy) is 2. The molecule has 2 atom stereocenters. The Labute approximate surface area is 193 Å². The molecule has 33 heavy (non-hydrogen) atoms. The number of methoxy groups -OCH3 is 2. The van der Waals surface area contributed by atoms with Gasteiger partial charge in [0.25, 0.3) is 5.69 Å². The third-order valence-electron chi connectivity index (χ3n) is 6.02. The summed E-state index contributed by atoms with van der Waals surface area (Å²) in [4.78, 5) is 27.6. The van der Waals surface area contributed by atoms with Crippen LogP contribution in [0.25, 0.3) is 0 Å². The summed E-state index contributed by atoms with van der Waals surface area (Å²) >= 11 is 0. The number of halogens is 1. The van der Waals surface area contributed by atoms with Gasteiger partial charge in [-0.15, -0.1) is 0 Å². The van der Waals surface area contributed by atoms with Gasteiger partial charge in [-0.05, 0) is 23.6 Å². The van der Waals surface area contributed by atoms with Crippen LogP contribution in [0.1, 0.15) is 17.0 Å². The molecule has 0 unspecified atom stereocenters. The molecule has 0 aromatic heterocycles. The van der Waals surface area contributed by atoms with Crippen LogP contribution in [0.2, 0.25) is 0 Å². The third-order valence-corrected chi connectivity index (χ3v) is 6.02. The monoisotopic (exact) mass is 459 g/mol. The molecule has 1 heterocycles. The van der Waals surface area contributed by atoms with Crippen molar-refractivity contribution in [3.05, 3.63) is 75.6 Å². The van der Waals surface area contributed by atoms with Crippen LogP contribution in [0.3, 0.4) is 0 Å². The van der Waals surface area contributed by atoms with Gasteiger partial charge in [-0.2, -0.15) is 0 Å². The standard InChI is InChI=1S/C24H30FN3O5/c1-32-11-10-27(24(29)17-33-2)15-20-14-26(13-19-6-3-4-9-23(19)28(30)31)16-22(20)18-7-5-8-21(25)12-18/h3-9,12,20,22H,10-11,13-17H2,1-2H3/t20-,22+/m1/s1. The molecule has 1 aliphatic heterocycles. The summed E-state index contributed by atoms with van der Waals surface area (Å²) < 4.78 is 24.2. The minimum Gasteiger partial charge on any atom is -0.383 e. The highest BCUT2D eigenvalue weighted by molar-refractivity contribution is 5.77. The van der Waals surface area contributed by atoms with Crippen LogP contribution in [-0.2, 0) is 20.8 Å². The molecule has 8 nitrogen and oxygen atoms in total. The van der Waals surface area contributed by atoms with Crippen molar-refractivity contribution in [3.63, 3.8) is 0 Å². The van der Waals surface area contributed by atoms with Crippen molar-refractivity contribution in [2.45, 2.75) is 12.5 Å². The minimum atomic E-state index is -0.372. The summed E-state index contributed by atoms with van der Waals surface area (Å²) in [6.45, 7) is 2.89. The van der Waals surface area contributed by atoms with Gasteiger partial charge in [0, 0.05) is 64.5 Å². The first-order valence-corrected chi connectivity index (χ1v) is 10.9. The number of rotatable bonds is 11. The Hall–Kier alpha value is -2.88. The van der Waals surface area contributed by atoms with Crippen molar-refractivity contribution < 1.29 is 23.6 Å². The second kappa shape index (κ2) is 11.8.